The molecule has 1 aliphatic heterocycles. The highest BCUT2D eigenvalue weighted by molar-refractivity contribution is 7.99. The number of rotatable bonds is 3. The summed E-state index contributed by atoms with van der Waals surface area (Å²) in [5.74, 6) is 3.43. The van der Waals surface area contributed by atoms with Gasteiger partial charge in [-0.2, -0.15) is 11.8 Å². The van der Waals surface area contributed by atoms with E-state index < -0.39 is 0 Å². The molecule has 11 heavy (non-hydrogen) atoms. The standard InChI is InChI=1S/C9H19NS/c1-7(2)8(3)10-9-4-5-11-6-9/h7-10H,4-6H2,1-3H3/t8-,9+/m1/s1. The molecule has 0 unspecified atom stereocenters. The largest absolute Gasteiger partial charge is 0.310 e. The molecule has 0 spiro atoms. The summed E-state index contributed by atoms with van der Waals surface area (Å²) in [6.07, 6.45) is 1.36. The minimum Gasteiger partial charge on any atom is -0.310 e. The highest BCUT2D eigenvalue weighted by atomic mass is 32.2. The van der Waals surface area contributed by atoms with Crippen LogP contribution in [0, 0.1) is 5.92 Å². The Morgan fingerprint density at radius 1 is 1.36 bits per heavy atom. The molecule has 0 aromatic carbocycles. The Balaban J connectivity index is 2.18. The fourth-order valence-corrected chi connectivity index (χ4v) is 2.40. The molecule has 1 aliphatic rings. The van der Waals surface area contributed by atoms with Crippen molar-refractivity contribution in [2.75, 3.05) is 11.5 Å². The van der Waals surface area contributed by atoms with Gasteiger partial charge < -0.3 is 5.32 Å². The van der Waals surface area contributed by atoms with Crippen LogP contribution in [0.25, 0.3) is 0 Å². The minimum atomic E-state index is 0.679. The van der Waals surface area contributed by atoms with Gasteiger partial charge in [0.05, 0.1) is 0 Å². The number of hydrogen-bond donors (Lipinski definition) is 1. The maximum Gasteiger partial charge on any atom is 0.0168 e. The molecular weight excluding hydrogens is 154 g/mol. The van der Waals surface area contributed by atoms with Crippen LogP contribution in [0.4, 0.5) is 0 Å². The van der Waals surface area contributed by atoms with E-state index in [1.165, 1.54) is 17.9 Å². The van der Waals surface area contributed by atoms with Crippen LogP contribution in [0.1, 0.15) is 27.2 Å². The van der Waals surface area contributed by atoms with Gasteiger partial charge in [0.15, 0.2) is 0 Å². The first-order valence-electron chi connectivity index (χ1n) is 4.54. The van der Waals surface area contributed by atoms with E-state index in [9.17, 15) is 0 Å². The van der Waals surface area contributed by atoms with Crippen LogP contribution in [0.2, 0.25) is 0 Å². The SMILES string of the molecule is CC(C)[C@@H](C)N[C@H]1CCSC1. The first kappa shape index (κ1) is 9.40. The van der Waals surface area contributed by atoms with Gasteiger partial charge in [0, 0.05) is 17.8 Å². The maximum atomic E-state index is 3.66. The Kier molecular flexibility index (Phi) is 3.73. The fourth-order valence-electron chi connectivity index (χ4n) is 1.23. The van der Waals surface area contributed by atoms with Gasteiger partial charge in [0.2, 0.25) is 0 Å². The molecule has 2 atom stereocenters. The topological polar surface area (TPSA) is 12.0 Å². The van der Waals surface area contributed by atoms with Crippen LogP contribution < -0.4 is 5.32 Å². The Morgan fingerprint density at radius 3 is 2.55 bits per heavy atom. The van der Waals surface area contributed by atoms with E-state index in [0.29, 0.717) is 6.04 Å². The first-order valence-corrected chi connectivity index (χ1v) is 5.69. The normalized spacial score (nSPS) is 27.8. The maximum absolute atomic E-state index is 3.66. The van der Waals surface area contributed by atoms with E-state index in [1.54, 1.807) is 0 Å². The summed E-state index contributed by atoms with van der Waals surface area (Å²) in [6.45, 7) is 6.84. The van der Waals surface area contributed by atoms with Gasteiger partial charge in [0.1, 0.15) is 0 Å². The summed E-state index contributed by atoms with van der Waals surface area (Å²) < 4.78 is 0. The highest BCUT2D eigenvalue weighted by Crippen LogP contribution is 2.18. The molecule has 1 fully saturated rings. The van der Waals surface area contributed by atoms with Crippen LogP contribution in [0.5, 0.6) is 0 Å². The van der Waals surface area contributed by atoms with Gasteiger partial charge in [0.25, 0.3) is 0 Å². The van der Waals surface area contributed by atoms with Gasteiger partial charge in [-0.1, -0.05) is 13.8 Å². The van der Waals surface area contributed by atoms with Crippen molar-refractivity contribution >= 4 is 11.8 Å². The average Bonchev–Trinajstić information content (AvgIpc) is 2.39. The van der Waals surface area contributed by atoms with E-state index in [2.05, 4.69) is 37.8 Å². The molecule has 1 saturated heterocycles. The van der Waals surface area contributed by atoms with Crippen molar-refractivity contribution in [3.8, 4) is 0 Å². The van der Waals surface area contributed by atoms with E-state index >= 15 is 0 Å². The summed E-state index contributed by atoms with van der Waals surface area (Å²) in [4.78, 5) is 0. The summed E-state index contributed by atoms with van der Waals surface area (Å²) in [7, 11) is 0. The fraction of sp³-hybridized carbons (Fsp3) is 1.00. The summed E-state index contributed by atoms with van der Waals surface area (Å²) in [5, 5.41) is 3.66. The van der Waals surface area contributed by atoms with E-state index in [-0.39, 0.29) is 0 Å². The zero-order valence-electron chi connectivity index (χ0n) is 7.76. The lowest BCUT2D eigenvalue weighted by Gasteiger charge is -2.21. The van der Waals surface area contributed by atoms with Crippen LogP contribution in [-0.4, -0.2) is 23.6 Å². The lowest BCUT2D eigenvalue weighted by molar-refractivity contribution is 0.387. The molecule has 0 saturated carbocycles. The second-order valence-corrected chi connectivity index (χ2v) is 4.91. The van der Waals surface area contributed by atoms with Crippen molar-refractivity contribution in [3.63, 3.8) is 0 Å². The first-order chi connectivity index (χ1) is 5.20. The van der Waals surface area contributed by atoms with Gasteiger partial charge in [-0.25, -0.2) is 0 Å². The quantitative estimate of drug-likeness (QED) is 0.701. The van der Waals surface area contributed by atoms with Crippen molar-refractivity contribution < 1.29 is 0 Å². The lowest BCUT2D eigenvalue weighted by atomic mass is 10.1. The van der Waals surface area contributed by atoms with Crippen LogP contribution in [0.3, 0.4) is 0 Å². The minimum absolute atomic E-state index is 0.679. The van der Waals surface area contributed by atoms with Crippen molar-refractivity contribution in [1.82, 2.24) is 5.32 Å². The summed E-state index contributed by atoms with van der Waals surface area (Å²) >= 11 is 2.07. The summed E-state index contributed by atoms with van der Waals surface area (Å²) in [5.41, 5.74) is 0. The molecule has 1 N–H and O–H groups in total. The van der Waals surface area contributed by atoms with Gasteiger partial charge >= 0.3 is 0 Å². The van der Waals surface area contributed by atoms with Gasteiger partial charge in [-0.05, 0) is 25.0 Å². The zero-order valence-corrected chi connectivity index (χ0v) is 8.58. The Labute approximate surface area is 74.3 Å². The number of thioether (sulfide) groups is 1. The Bertz CT molecular complexity index is 108. The predicted octanol–water partition coefficient (Wildman–Crippen LogP) is 2.13. The molecule has 66 valence electrons. The molecule has 1 heterocycles. The van der Waals surface area contributed by atoms with Gasteiger partial charge in [-0.15, -0.1) is 0 Å². The predicted molar refractivity (Wildman–Crippen MR) is 53.2 cm³/mol. The lowest BCUT2D eigenvalue weighted by Crippen LogP contribution is -2.39. The molecule has 0 radical (unpaired) electrons. The van der Waals surface area contributed by atoms with Crippen molar-refractivity contribution in [2.24, 2.45) is 5.92 Å². The molecule has 0 bridgehead atoms. The van der Waals surface area contributed by atoms with Crippen molar-refractivity contribution in [3.05, 3.63) is 0 Å². The second kappa shape index (κ2) is 4.36. The van der Waals surface area contributed by atoms with Crippen LogP contribution in [-0.2, 0) is 0 Å². The molecular formula is C9H19NS. The highest BCUT2D eigenvalue weighted by Gasteiger charge is 2.18. The van der Waals surface area contributed by atoms with E-state index in [1.807, 2.05) is 0 Å². The van der Waals surface area contributed by atoms with Crippen molar-refractivity contribution in [1.29, 1.82) is 0 Å². The number of nitrogens with one attached hydrogen (secondary N) is 1. The summed E-state index contributed by atoms with van der Waals surface area (Å²) in [6, 6.07) is 1.47. The average molecular weight is 173 g/mol. The van der Waals surface area contributed by atoms with E-state index in [4.69, 9.17) is 0 Å². The number of hydrogen-bond acceptors (Lipinski definition) is 2. The second-order valence-electron chi connectivity index (χ2n) is 3.76. The molecule has 1 nitrogen and oxygen atoms in total. The molecule has 1 rings (SSSR count). The third-order valence-electron chi connectivity index (χ3n) is 2.43. The third kappa shape index (κ3) is 3.04. The van der Waals surface area contributed by atoms with Crippen LogP contribution in [0.15, 0.2) is 0 Å². The Hall–Kier alpha value is 0.310. The van der Waals surface area contributed by atoms with Gasteiger partial charge in [-0.3, -0.25) is 0 Å². The van der Waals surface area contributed by atoms with E-state index in [0.717, 1.165) is 12.0 Å². The monoisotopic (exact) mass is 173 g/mol. The zero-order chi connectivity index (χ0) is 8.27. The molecule has 0 aromatic heterocycles. The molecule has 0 aromatic rings. The molecule has 0 aliphatic carbocycles. The van der Waals surface area contributed by atoms with Crippen LogP contribution >= 0.6 is 11.8 Å². The molecule has 2 heteroatoms. The Morgan fingerprint density at radius 2 is 2.09 bits per heavy atom. The smallest absolute Gasteiger partial charge is 0.0168 e. The third-order valence-corrected chi connectivity index (χ3v) is 3.59. The molecule has 0 amide bonds. The van der Waals surface area contributed by atoms with Crippen molar-refractivity contribution in [2.45, 2.75) is 39.3 Å².